The Morgan fingerprint density at radius 1 is 0.966 bits per heavy atom. The molecule has 0 N–H and O–H groups in total. The van der Waals surface area contributed by atoms with Crippen molar-refractivity contribution in [1.82, 2.24) is 0 Å². The van der Waals surface area contributed by atoms with Crippen molar-refractivity contribution >= 4 is 41.1 Å². The number of hydrogen-bond acceptors (Lipinski definition) is 4. The number of rotatable bonds is 5. The summed E-state index contributed by atoms with van der Waals surface area (Å²) in [5.41, 5.74) is 2.52. The van der Waals surface area contributed by atoms with Crippen molar-refractivity contribution in [3.8, 4) is 5.75 Å². The molecule has 4 nitrogen and oxygen atoms in total. The molecule has 0 aromatic heterocycles. The molecule has 0 saturated heterocycles. The predicted octanol–water partition coefficient (Wildman–Crippen LogP) is 5.92. The molecular weight excluding hydrogens is 409 g/mol. The number of carbonyl (C=O) groups is 1. The molecule has 144 valence electrons. The smallest absolute Gasteiger partial charge is 0.363 e. The van der Waals surface area contributed by atoms with Crippen molar-refractivity contribution in [2.24, 2.45) is 4.99 Å². The Hall–Kier alpha value is -3.08. The minimum atomic E-state index is -0.512. The van der Waals surface area contributed by atoms with E-state index in [4.69, 9.17) is 32.7 Å². The lowest BCUT2D eigenvalue weighted by molar-refractivity contribution is -0.129. The van der Waals surface area contributed by atoms with Gasteiger partial charge in [-0.15, -0.1) is 0 Å². The first-order chi connectivity index (χ1) is 14.1. The maximum absolute atomic E-state index is 12.2. The zero-order valence-electron chi connectivity index (χ0n) is 15.1. The van der Waals surface area contributed by atoms with E-state index in [1.54, 1.807) is 30.3 Å². The molecule has 1 heterocycles. The fourth-order valence-electron chi connectivity index (χ4n) is 2.78. The van der Waals surface area contributed by atoms with Gasteiger partial charge in [0.05, 0.1) is 0 Å². The molecule has 0 aliphatic carbocycles. The van der Waals surface area contributed by atoms with Gasteiger partial charge in [0.25, 0.3) is 0 Å². The molecule has 3 aromatic carbocycles. The summed E-state index contributed by atoms with van der Waals surface area (Å²) in [4.78, 5) is 16.5. The largest absolute Gasteiger partial charge is 0.489 e. The molecule has 0 bridgehead atoms. The van der Waals surface area contributed by atoms with E-state index in [0.29, 0.717) is 28.0 Å². The second kappa shape index (κ2) is 8.52. The lowest BCUT2D eigenvalue weighted by atomic mass is 10.2. The van der Waals surface area contributed by atoms with Crippen LogP contribution in [-0.2, 0) is 16.1 Å². The van der Waals surface area contributed by atoms with Gasteiger partial charge in [-0.2, -0.15) is 0 Å². The van der Waals surface area contributed by atoms with Crippen LogP contribution in [0.2, 0.25) is 10.0 Å². The number of cyclic esters (lactones) is 1. The molecule has 3 aromatic rings. The zero-order chi connectivity index (χ0) is 20.2. The molecule has 1 aliphatic rings. The molecular formula is C23H15Cl2NO3. The molecule has 0 fully saturated rings. The molecule has 4 rings (SSSR count). The van der Waals surface area contributed by atoms with E-state index >= 15 is 0 Å². The Morgan fingerprint density at radius 2 is 1.79 bits per heavy atom. The summed E-state index contributed by atoms with van der Waals surface area (Å²) in [5, 5.41) is 1.20. The molecule has 0 spiro atoms. The third kappa shape index (κ3) is 4.67. The fraction of sp³-hybridized carbons (Fsp3) is 0.0435. The van der Waals surface area contributed by atoms with Crippen LogP contribution in [0.5, 0.6) is 5.75 Å². The third-order valence-electron chi connectivity index (χ3n) is 4.21. The highest BCUT2D eigenvalue weighted by atomic mass is 35.5. The lowest BCUT2D eigenvalue weighted by Crippen LogP contribution is -2.05. The summed E-state index contributed by atoms with van der Waals surface area (Å²) in [5.74, 6) is 0.377. The van der Waals surface area contributed by atoms with E-state index in [1.165, 1.54) is 0 Å². The van der Waals surface area contributed by atoms with E-state index in [-0.39, 0.29) is 11.6 Å². The number of hydrogen-bond donors (Lipinski definition) is 0. The Labute approximate surface area is 178 Å². The quantitative estimate of drug-likeness (QED) is 0.378. The van der Waals surface area contributed by atoms with Crippen molar-refractivity contribution in [3.05, 3.63) is 105 Å². The van der Waals surface area contributed by atoms with Gasteiger partial charge < -0.3 is 9.47 Å². The molecule has 6 heteroatoms. The van der Waals surface area contributed by atoms with E-state index in [9.17, 15) is 4.79 Å². The number of benzene rings is 3. The van der Waals surface area contributed by atoms with Crippen LogP contribution in [0.15, 0.2) is 83.5 Å². The Balaban J connectivity index is 1.53. The molecule has 29 heavy (non-hydrogen) atoms. The molecule has 0 saturated carbocycles. The highest BCUT2D eigenvalue weighted by molar-refractivity contribution is 6.31. The molecule has 0 radical (unpaired) electrons. The Bertz CT molecular complexity index is 1140. The Morgan fingerprint density at radius 3 is 2.62 bits per heavy atom. The SMILES string of the molecule is O=C1OC(c2cccc(Cl)c2)=NC1=Cc1cccc(OCc2ccccc2Cl)c1. The van der Waals surface area contributed by atoms with Gasteiger partial charge in [-0.25, -0.2) is 9.79 Å². The van der Waals surface area contributed by atoms with Crippen LogP contribution in [0.3, 0.4) is 0 Å². The summed E-state index contributed by atoms with van der Waals surface area (Å²) in [6.45, 7) is 0.346. The number of nitrogens with zero attached hydrogens (tertiary/aromatic N) is 1. The first-order valence-corrected chi connectivity index (χ1v) is 9.59. The fourth-order valence-corrected chi connectivity index (χ4v) is 3.16. The van der Waals surface area contributed by atoms with Crippen molar-refractivity contribution in [2.75, 3.05) is 0 Å². The van der Waals surface area contributed by atoms with Crippen molar-refractivity contribution in [3.63, 3.8) is 0 Å². The highest BCUT2D eigenvalue weighted by Crippen LogP contribution is 2.23. The maximum Gasteiger partial charge on any atom is 0.363 e. The van der Waals surface area contributed by atoms with Crippen molar-refractivity contribution in [1.29, 1.82) is 0 Å². The van der Waals surface area contributed by atoms with Crippen LogP contribution in [0, 0.1) is 0 Å². The van der Waals surface area contributed by atoms with Crippen LogP contribution in [-0.4, -0.2) is 11.9 Å². The van der Waals surface area contributed by atoms with Gasteiger partial charge >= 0.3 is 5.97 Å². The summed E-state index contributed by atoms with van der Waals surface area (Å²) >= 11 is 12.2. The van der Waals surface area contributed by atoms with Crippen LogP contribution >= 0.6 is 23.2 Å². The van der Waals surface area contributed by atoms with E-state index < -0.39 is 5.97 Å². The van der Waals surface area contributed by atoms with Gasteiger partial charge in [-0.3, -0.25) is 0 Å². The van der Waals surface area contributed by atoms with Gasteiger partial charge in [0, 0.05) is 21.2 Å². The normalized spacial score (nSPS) is 14.6. The number of carbonyl (C=O) groups excluding carboxylic acids is 1. The summed E-state index contributed by atoms with van der Waals surface area (Å²) in [6, 6.07) is 21.9. The second-order valence-corrected chi connectivity index (χ2v) is 7.14. The van der Waals surface area contributed by atoms with Gasteiger partial charge in [0.15, 0.2) is 5.70 Å². The number of halogens is 2. The summed E-state index contributed by atoms with van der Waals surface area (Å²) in [7, 11) is 0. The highest BCUT2D eigenvalue weighted by Gasteiger charge is 2.24. The van der Waals surface area contributed by atoms with Crippen molar-refractivity contribution < 1.29 is 14.3 Å². The van der Waals surface area contributed by atoms with Crippen LogP contribution < -0.4 is 4.74 Å². The molecule has 0 amide bonds. The molecule has 0 unspecified atom stereocenters. The lowest BCUT2D eigenvalue weighted by Gasteiger charge is -2.08. The average molecular weight is 424 g/mol. The maximum atomic E-state index is 12.2. The topological polar surface area (TPSA) is 47.9 Å². The summed E-state index contributed by atoms with van der Waals surface area (Å²) in [6.07, 6.45) is 1.65. The number of aliphatic imine (C=N–C) groups is 1. The minimum Gasteiger partial charge on any atom is -0.489 e. The van der Waals surface area contributed by atoms with E-state index in [0.717, 1.165) is 11.1 Å². The van der Waals surface area contributed by atoms with Gasteiger partial charge in [-0.1, -0.05) is 59.6 Å². The van der Waals surface area contributed by atoms with Gasteiger partial charge in [0.2, 0.25) is 5.90 Å². The van der Waals surface area contributed by atoms with Crippen molar-refractivity contribution in [2.45, 2.75) is 6.61 Å². The van der Waals surface area contributed by atoms with E-state index in [2.05, 4.69) is 4.99 Å². The van der Waals surface area contributed by atoms with Crippen LogP contribution in [0.1, 0.15) is 16.7 Å². The first-order valence-electron chi connectivity index (χ1n) is 8.83. The second-order valence-electron chi connectivity index (χ2n) is 6.30. The predicted molar refractivity (Wildman–Crippen MR) is 114 cm³/mol. The number of ether oxygens (including phenoxy) is 2. The van der Waals surface area contributed by atoms with E-state index in [1.807, 2.05) is 48.5 Å². The summed E-state index contributed by atoms with van der Waals surface area (Å²) < 4.78 is 11.1. The molecule has 0 atom stereocenters. The minimum absolute atomic E-state index is 0.211. The monoisotopic (exact) mass is 423 g/mol. The number of esters is 1. The van der Waals surface area contributed by atoms with Crippen LogP contribution in [0.25, 0.3) is 6.08 Å². The molecule has 1 aliphatic heterocycles. The van der Waals surface area contributed by atoms with Gasteiger partial charge in [0.1, 0.15) is 12.4 Å². The van der Waals surface area contributed by atoms with Crippen LogP contribution in [0.4, 0.5) is 0 Å². The standard InChI is InChI=1S/C23H15Cl2NO3/c24-18-8-4-7-16(13-18)22-26-21(23(27)29-22)12-15-5-3-9-19(11-15)28-14-17-6-1-2-10-20(17)25/h1-13H,14H2. The zero-order valence-corrected chi connectivity index (χ0v) is 16.7. The van der Waals surface area contributed by atoms with Gasteiger partial charge in [-0.05, 0) is 48.0 Å². The average Bonchev–Trinajstić information content (AvgIpc) is 3.08. The third-order valence-corrected chi connectivity index (χ3v) is 4.81. The Kier molecular flexibility index (Phi) is 5.65. The first kappa shape index (κ1) is 19.2.